The molecule has 1 aromatic carbocycles. The van der Waals surface area contributed by atoms with Gasteiger partial charge in [0.2, 0.25) is 12.3 Å². The number of nitrogens with zero attached hydrogens (tertiary/aromatic N) is 2. The maximum Gasteiger partial charge on any atom is 0.247 e. The maximum absolute atomic E-state index is 5.22. The number of thioether (sulfide) groups is 1. The van der Waals surface area contributed by atoms with E-state index in [1.807, 2.05) is 17.8 Å². The molecule has 0 spiro atoms. The highest BCUT2D eigenvalue weighted by atomic mass is 32.2. The first kappa shape index (κ1) is 13.9. The molecule has 4 nitrogen and oxygen atoms in total. The highest BCUT2D eigenvalue weighted by Gasteiger charge is 2.06. The third-order valence-electron chi connectivity index (χ3n) is 2.94. The molecule has 0 aliphatic carbocycles. The first-order valence-corrected chi connectivity index (χ1v) is 7.80. The van der Waals surface area contributed by atoms with Gasteiger partial charge in [-0.2, -0.15) is 11.8 Å². The number of rotatable bonds is 7. The van der Waals surface area contributed by atoms with Gasteiger partial charge in [0.15, 0.2) is 0 Å². The van der Waals surface area contributed by atoms with Crippen LogP contribution in [0.4, 0.5) is 5.69 Å². The van der Waals surface area contributed by atoms with Crippen molar-refractivity contribution in [3.05, 3.63) is 30.2 Å². The predicted octanol–water partition coefficient (Wildman–Crippen LogP) is 3.60. The normalized spacial score (nSPS) is 10.6. The van der Waals surface area contributed by atoms with Crippen LogP contribution < -0.4 is 5.32 Å². The molecule has 19 heavy (non-hydrogen) atoms. The zero-order valence-corrected chi connectivity index (χ0v) is 12.2. The molecule has 0 fully saturated rings. The fraction of sp³-hybridized carbons (Fsp3) is 0.429. The van der Waals surface area contributed by atoms with Gasteiger partial charge < -0.3 is 9.73 Å². The van der Waals surface area contributed by atoms with Gasteiger partial charge in [0, 0.05) is 17.8 Å². The molecule has 2 aromatic rings. The Labute approximate surface area is 118 Å². The molecule has 1 aromatic heterocycles. The van der Waals surface area contributed by atoms with E-state index in [-0.39, 0.29) is 0 Å². The van der Waals surface area contributed by atoms with Crippen LogP contribution in [0.25, 0.3) is 11.5 Å². The molecule has 0 bridgehead atoms. The van der Waals surface area contributed by atoms with Crippen molar-refractivity contribution in [3.8, 4) is 11.5 Å². The zero-order valence-electron chi connectivity index (χ0n) is 11.3. The minimum Gasteiger partial charge on any atom is -0.423 e. The average molecular weight is 277 g/mol. The van der Waals surface area contributed by atoms with E-state index < -0.39 is 0 Å². The lowest BCUT2D eigenvalue weighted by Crippen LogP contribution is -2.03. The van der Waals surface area contributed by atoms with Crippen molar-refractivity contribution >= 4 is 17.4 Å². The van der Waals surface area contributed by atoms with Gasteiger partial charge in [0.05, 0.1) is 0 Å². The SMILES string of the molecule is CSCCCCNc1cc(-c2nnco2)ccc1C. The number of hydrogen-bond acceptors (Lipinski definition) is 5. The first-order valence-electron chi connectivity index (χ1n) is 6.41. The molecule has 1 N–H and O–H groups in total. The van der Waals surface area contributed by atoms with E-state index in [4.69, 9.17) is 4.42 Å². The fourth-order valence-electron chi connectivity index (χ4n) is 1.84. The van der Waals surface area contributed by atoms with Gasteiger partial charge in [-0.15, -0.1) is 10.2 Å². The van der Waals surface area contributed by atoms with Crippen molar-refractivity contribution in [1.29, 1.82) is 0 Å². The van der Waals surface area contributed by atoms with Gasteiger partial charge in [-0.3, -0.25) is 0 Å². The zero-order chi connectivity index (χ0) is 13.5. The van der Waals surface area contributed by atoms with Crippen LogP contribution >= 0.6 is 11.8 Å². The van der Waals surface area contributed by atoms with E-state index in [1.54, 1.807) is 0 Å². The van der Waals surface area contributed by atoms with Crippen LogP contribution in [0.15, 0.2) is 29.0 Å². The predicted molar refractivity (Wildman–Crippen MR) is 80.6 cm³/mol. The van der Waals surface area contributed by atoms with Crippen molar-refractivity contribution in [2.75, 3.05) is 23.9 Å². The van der Waals surface area contributed by atoms with Gasteiger partial charge in [-0.1, -0.05) is 6.07 Å². The fourth-order valence-corrected chi connectivity index (χ4v) is 2.33. The summed E-state index contributed by atoms with van der Waals surface area (Å²) in [5.74, 6) is 1.79. The van der Waals surface area contributed by atoms with E-state index in [0.29, 0.717) is 5.89 Å². The summed E-state index contributed by atoms with van der Waals surface area (Å²) in [6.45, 7) is 3.09. The number of unbranched alkanes of at least 4 members (excludes halogenated alkanes) is 1. The van der Waals surface area contributed by atoms with Gasteiger partial charge in [-0.05, 0) is 49.5 Å². The van der Waals surface area contributed by atoms with Crippen LogP contribution in [0.2, 0.25) is 0 Å². The maximum atomic E-state index is 5.22. The summed E-state index contributed by atoms with van der Waals surface area (Å²) < 4.78 is 5.22. The average Bonchev–Trinajstić information content (AvgIpc) is 2.94. The third kappa shape index (κ3) is 3.99. The lowest BCUT2D eigenvalue weighted by Gasteiger charge is -2.10. The second-order valence-electron chi connectivity index (χ2n) is 4.40. The molecular weight excluding hydrogens is 258 g/mol. The van der Waals surface area contributed by atoms with Gasteiger partial charge in [-0.25, -0.2) is 0 Å². The summed E-state index contributed by atoms with van der Waals surface area (Å²) in [6.07, 6.45) is 5.93. The van der Waals surface area contributed by atoms with E-state index in [0.717, 1.165) is 17.8 Å². The van der Waals surface area contributed by atoms with Gasteiger partial charge >= 0.3 is 0 Å². The summed E-state index contributed by atoms with van der Waals surface area (Å²) in [7, 11) is 0. The van der Waals surface area contributed by atoms with Crippen LogP contribution in [0.5, 0.6) is 0 Å². The first-order chi connectivity index (χ1) is 9.31. The van der Waals surface area contributed by atoms with Crippen molar-refractivity contribution in [2.45, 2.75) is 19.8 Å². The summed E-state index contributed by atoms with van der Waals surface area (Å²) >= 11 is 1.90. The summed E-state index contributed by atoms with van der Waals surface area (Å²) in [4.78, 5) is 0. The largest absolute Gasteiger partial charge is 0.423 e. The Morgan fingerprint density at radius 1 is 1.32 bits per heavy atom. The molecule has 0 saturated carbocycles. The molecule has 0 amide bonds. The molecule has 0 aliphatic rings. The number of benzene rings is 1. The lowest BCUT2D eigenvalue weighted by atomic mass is 10.1. The van der Waals surface area contributed by atoms with Gasteiger partial charge in [0.25, 0.3) is 0 Å². The molecule has 2 rings (SSSR count). The Balaban J connectivity index is 1.98. The molecule has 0 saturated heterocycles. The monoisotopic (exact) mass is 277 g/mol. The summed E-state index contributed by atoms with van der Waals surface area (Å²) in [5.41, 5.74) is 3.32. The third-order valence-corrected chi connectivity index (χ3v) is 3.63. The van der Waals surface area contributed by atoms with Crippen LogP contribution in [0.3, 0.4) is 0 Å². The molecule has 0 atom stereocenters. The summed E-state index contributed by atoms with van der Waals surface area (Å²) in [6, 6.07) is 6.14. The number of nitrogens with one attached hydrogen (secondary N) is 1. The van der Waals surface area contributed by atoms with E-state index in [9.17, 15) is 0 Å². The minimum absolute atomic E-state index is 0.561. The Morgan fingerprint density at radius 2 is 2.21 bits per heavy atom. The van der Waals surface area contributed by atoms with E-state index >= 15 is 0 Å². The molecule has 0 unspecified atom stereocenters. The van der Waals surface area contributed by atoms with Crippen LogP contribution in [0.1, 0.15) is 18.4 Å². The molecule has 1 heterocycles. The molecule has 102 valence electrons. The van der Waals surface area contributed by atoms with Crippen LogP contribution in [0, 0.1) is 6.92 Å². The number of aryl methyl sites for hydroxylation is 1. The second kappa shape index (κ2) is 7.19. The number of anilines is 1. The molecule has 5 heteroatoms. The van der Waals surface area contributed by atoms with Crippen LogP contribution in [-0.4, -0.2) is 28.8 Å². The topological polar surface area (TPSA) is 51.0 Å². The smallest absolute Gasteiger partial charge is 0.247 e. The molecule has 0 radical (unpaired) electrons. The van der Waals surface area contributed by atoms with E-state index in [2.05, 4.69) is 40.8 Å². The van der Waals surface area contributed by atoms with Crippen molar-refractivity contribution in [1.82, 2.24) is 10.2 Å². The number of hydrogen-bond donors (Lipinski definition) is 1. The van der Waals surface area contributed by atoms with Crippen molar-refractivity contribution in [2.24, 2.45) is 0 Å². The lowest BCUT2D eigenvalue weighted by molar-refractivity contribution is 0.568. The van der Waals surface area contributed by atoms with Crippen molar-refractivity contribution < 1.29 is 4.42 Å². The Bertz CT molecular complexity index is 499. The van der Waals surface area contributed by atoms with Gasteiger partial charge in [0.1, 0.15) is 0 Å². The number of aromatic nitrogens is 2. The van der Waals surface area contributed by atoms with E-state index in [1.165, 1.54) is 30.6 Å². The van der Waals surface area contributed by atoms with Crippen LogP contribution in [-0.2, 0) is 0 Å². The molecule has 0 aliphatic heterocycles. The minimum atomic E-state index is 0.561. The van der Waals surface area contributed by atoms with Crippen molar-refractivity contribution in [3.63, 3.8) is 0 Å². The second-order valence-corrected chi connectivity index (χ2v) is 5.39. The quantitative estimate of drug-likeness (QED) is 0.784. The Morgan fingerprint density at radius 3 is 2.95 bits per heavy atom. The summed E-state index contributed by atoms with van der Waals surface area (Å²) in [5, 5.41) is 11.1. The molecular formula is C14H19N3OS. The highest BCUT2D eigenvalue weighted by molar-refractivity contribution is 7.98. The highest BCUT2D eigenvalue weighted by Crippen LogP contribution is 2.23. The standard InChI is InChI=1S/C14H19N3OS/c1-11-5-6-12(14-17-16-10-18-14)9-13(11)15-7-3-4-8-19-2/h5-6,9-10,15H,3-4,7-8H2,1-2H3. The Hall–Kier alpha value is -1.49. The Kier molecular flexibility index (Phi) is 5.27.